The zero-order valence-electron chi connectivity index (χ0n) is 27.7. The number of fused-ring (bicyclic) bond motifs is 3. The van der Waals surface area contributed by atoms with E-state index in [9.17, 15) is 4.79 Å². The fourth-order valence-electron chi connectivity index (χ4n) is 6.78. The third-order valence-corrected chi connectivity index (χ3v) is 9.43. The van der Waals surface area contributed by atoms with Crippen molar-refractivity contribution in [1.29, 1.82) is 0 Å². The number of nitrogens with zero attached hydrogens (tertiary/aromatic N) is 2. The van der Waals surface area contributed by atoms with Crippen LogP contribution in [-0.2, 0) is 5.79 Å². The molecule has 0 atom stereocenters. The number of likely N-dealkylation sites (tertiary alicyclic amines) is 1. The van der Waals surface area contributed by atoms with Crippen molar-refractivity contribution in [2.75, 3.05) is 46.4 Å². The van der Waals surface area contributed by atoms with Gasteiger partial charge in [-0.25, -0.2) is 0 Å². The van der Waals surface area contributed by atoms with Crippen LogP contribution < -0.4 is 19.6 Å². The molecule has 0 aliphatic carbocycles. The van der Waals surface area contributed by atoms with Gasteiger partial charge in [0.05, 0.1) is 12.0 Å². The molecule has 0 saturated carbocycles. The summed E-state index contributed by atoms with van der Waals surface area (Å²) in [7, 11) is 2.22. The monoisotopic (exact) mass is 644 g/mol. The zero-order valence-corrected chi connectivity index (χ0v) is 27.7. The molecule has 48 heavy (non-hydrogen) atoms. The van der Waals surface area contributed by atoms with Crippen LogP contribution in [0.15, 0.2) is 112 Å². The van der Waals surface area contributed by atoms with E-state index in [1.165, 1.54) is 51.4 Å². The Labute approximate surface area is 282 Å². The second-order valence-electron chi connectivity index (χ2n) is 12.9. The molecule has 0 N–H and O–H groups in total. The van der Waals surface area contributed by atoms with Crippen LogP contribution in [0.25, 0.3) is 22.3 Å². The maximum atomic E-state index is 13.3. The molecule has 0 amide bonds. The maximum absolute atomic E-state index is 13.3. The summed E-state index contributed by atoms with van der Waals surface area (Å²) >= 11 is 0. The van der Waals surface area contributed by atoms with E-state index in [2.05, 4.69) is 16.8 Å². The molecular formula is C41H44N2O5. The Morgan fingerprint density at radius 2 is 1.46 bits per heavy atom. The second kappa shape index (κ2) is 14.7. The van der Waals surface area contributed by atoms with E-state index in [4.69, 9.17) is 18.6 Å². The van der Waals surface area contributed by atoms with Crippen molar-refractivity contribution < 1.29 is 18.6 Å². The van der Waals surface area contributed by atoms with Gasteiger partial charge in [0.25, 0.3) is 0 Å². The number of rotatable bonds is 13. The smallest absolute Gasteiger partial charge is 0.305 e. The summed E-state index contributed by atoms with van der Waals surface area (Å²) in [6.07, 6.45) is 7.45. The summed E-state index contributed by atoms with van der Waals surface area (Å²) in [4.78, 5) is 18.4. The first-order chi connectivity index (χ1) is 23.6. The van der Waals surface area contributed by atoms with Gasteiger partial charge in [-0.3, -0.25) is 4.79 Å². The van der Waals surface area contributed by atoms with Gasteiger partial charge >= 0.3 is 5.79 Å². The largest absolute Gasteiger partial charge is 0.494 e. The molecule has 248 valence electrons. The number of hydrogen-bond acceptors (Lipinski definition) is 7. The molecule has 0 spiro atoms. The molecule has 0 radical (unpaired) electrons. The van der Waals surface area contributed by atoms with Gasteiger partial charge in [-0.15, -0.1) is 0 Å². The quantitative estimate of drug-likeness (QED) is 0.120. The van der Waals surface area contributed by atoms with Crippen molar-refractivity contribution in [3.63, 3.8) is 0 Å². The maximum Gasteiger partial charge on any atom is 0.305 e. The first-order valence-electron chi connectivity index (χ1n) is 17.3. The molecule has 0 bridgehead atoms. The van der Waals surface area contributed by atoms with Crippen LogP contribution in [0.4, 0.5) is 0 Å². The molecule has 1 saturated heterocycles. The normalized spacial score (nSPS) is 15.6. The topological polar surface area (TPSA) is 64.4 Å². The van der Waals surface area contributed by atoms with Crippen molar-refractivity contribution in [2.45, 2.75) is 44.3 Å². The van der Waals surface area contributed by atoms with Gasteiger partial charge in [-0.1, -0.05) is 67.1 Å². The van der Waals surface area contributed by atoms with Crippen LogP contribution in [0.2, 0.25) is 0 Å². The third-order valence-electron chi connectivity index (χ3n) is 9.43. The molecule has 5 aromatic rings. The van der Waals surface area contributed by atoms with Gasteiger partial charge in [-0.05, 0) is 108 Å². The Morgan fingerprint density at radius 1 is 0.771 bits per heavy atom. The lowest BCUT2D eigenvalue weighted by Gasteiger charge is -2.28. The summed E-state index contributed by atoms with van der Waals surface area (Å²) in [6, 6.07) is 32.4. The summed E-state index contributed by atoms with van der Waals surface area (Å²) in [6.45, 7) is 6.66. The Kier molecular flexibility index (Phi) is 9.77. The predicted molar refractivity (Wildman–Crippen MR) is 190 cm³/mol. The number of ether oxygens (including phenoxy) is 3. The fraction of sp³-hybridized carbons (Fsp3) is 0.341. The van der Waals surface area contributed by atoms with E-state index in [0.717, 1.165) is 48.4 Å². The molecule has 7 nitrogen and oxygen atoms in total. The molecule has 3 heterocycles. The second-order valence-corrected chi connectivity index (χ2v) is 12.9. The van der Waals surface area contributed by atoms with Gasteiger partial charge in [0.1, 0.15) is 11.5 Å². The molecule has 2 aliphatic heterocycles. The number of piperidine rings is 1. The first kappa shape index (κ1) is 32.0. The average Bonchev–Trinajstić information content (AvgIpc) is 3.55. The van der Waals surface area contributed by atoms with Gasteiger partial charge in [0, 0.05) is 22.8 Å². The van der Waals surface area contributed by atoms with Crippen molar-refractivity contribution in [2.24, 2.45) is 0 Å². The van der Waals surface area contributed by atoms with Gasteiger partial charge in [-0.2, -0.15) is 0 Å². The summed E-state index contributed by atoms with van der Waals surface area (Å²) in [5, 5.41) is 0.436. The SMILES string of the molecule is CN(CCCCOc1ccc(-c2cc(=O)c3ccc4c(c3o2)OC(c2ccccc2)(c2ccccc2)O4)cc1)CCCN1CCCCC1. The summed E-state index contributed by atoms with van der Waals surface area (Å²) in [5.74, 6) is 0.963. The Hall–Kier alpha value is -4.59. The van der Waals surface area contributed by atoms with Gasteiger partial charge in [0.15, 0.2) is 16.8 Å². The Balaban J connectivity index is 0.995. The minimum atomic E-state index is -1.21. The van der Waals surface area contributed by atoms with Crippen molar-refractivity contribution in [3.05, 3.63) is 124 Å². The van der Waals surface area contributed by atoms with Crippen LogP contribution in [0.5, 0.6) is 17.2 Å². The lowest BCUT2D eigenvalue weighted by molar-refractivity contribution is -0.0456. The van der Waals surface area contributed by atoms with E-state index < -0.39 is 5.79 Å². The van der Waals surface area contributed by atoms with Crippen molar-refractivity contribution >= 4 is 11.0 Å². The standard InChI is InChI=1S/C41H44N2O5/c1-42(25-13-28-43-26-9-4-10-27-43)24-11-12-29-45-34-20-18-31(19-21-34)38-30-36(44)35-22-23-37-40(39(35)46-38)48-41(47-37,32-14-5-2-6-15-32)33-16-7-3-8-17-33/h2-3,5-8,14-23,30H,4,9-13,24-29H2,1H3. The number of unbranched alkanes of at least 4 members (excludes halogenated alkanes) is 1. The lowest BCUT2D eigenvalue weighted by atomic mass is 9.97. The first-order valence-corrected chi connectivity index (χ1v) is 17.3. The molecule has 7 heteroatoms. The predicted octanol–water partition coefficient (Wildman–Crippen LogP) is 8.10. The summed E-state index contributed by atoms with van der Waals surface area (Å²) in [5.41, 5.74) is 2.67. The number of benzene rings is 4. The van der Waals surface area contributed by atoms with Crippen molar-refractivity contribution in [3.8, 4) is 28.6 Å². The van der Waals surface area contributed by atoms with E-state index in [1.807, 2.05) is 84.9 Å². The Bertz CT molecular complexity index is 1810. The van der Waals surface area contributed by atoms with Crippen LogP contribution in [-0.4, -0.2) is 56.2 Å². The highest BCUT2D eigenvalue weighted by atomic mass is 16.7. The molecule has 0 unspecified atom stereocenters. The van der Waals surface area contributed by atoms with Crippen LogP contribution in [0.3, 0.4) is 0 Å². The van der Waals surface area contributed by atoms with Crippen LogP contribution in [0.1, 0.15) is 49.7 Å². The highest BCUT2D eigenvalue weighted by molar-refractivity contribution is 5.87. The van der Waals surface area contributed by atoms with E-state index in [1.54, 1.807) is 12.1 Å². The molecular weight excluding hydrogens is 600 g/mol. The lowest BCUT2D eigenvalue weighted by Crippen LogP contribution is -2.36. The van der Waals surface area contributed by atoms with E-state index in [-0.39, 0.29) is 5.43 Å². The fourth-order valence-corrected chi connectivity index (χ4v) is 6.78. The Morgan fingerprint density at radius 3 is 2.17 bits per heavy atom. The van der Waals surface area contributed by atoms with Gasteiger partial charge < -0.3 is 28.4 Å². The molecule has 7 rings (SSSR count). The molecule has 4 aromatic carbocycles. The number of hydrogen-bond donors (Lipinski definition) is 0. The average molecular weight is 645 g/mol. The third kappa shape index (κ3) is 6.98. The van der Waals surface area contributed by atoms with Crippen molar-refractivity contribution in [1.82, 2.24) is 9.80 Å². The zero-order chi connectivity index (χ0) is 32.8. The molecule has 2 aliphatic rings. The highest BCUT2D eigenvalue weighted by Gasteiger charge is 2.46. The van der Waals surface area contributed by atoms with Crippen LogP contribution >= 0.6 is 0 Å². The minimum Gasteiger partial charge on any atom is -0.494 e. The molecule has 1 fully saturated rings. The van der Waals surface area contributed by atoms with E-state index in [0.29, 0.717) is 34.8 Å². The van der Waals surface area contributed by atoms with Crippen LogP contribution in [0, 0.1) is 0 Å². The molecule has 1 aromatic heterocycles. The van der Waals surface area contributed by atoms with E-state index >= 15 is 0 Å². The van der Waals surface area contributed by atoms with Gasteiger partial charge in [0.2, 0.25) is 5.75 Å². The summed E-state index contributed by atoms with van der Waals surface area (Å²) < 4.78 is 25.7. The minimum absolute atomic E-state index is 0.147. The highest BCUT2D eigenvalue weighted by Crippen LogP contribution is 2.50.